The summed E-state index contributed by atoms with van der Waals surface area (Å²) >= 11 is 9.70. The molecule has 0 aliphatic rings. The highest BCUT2D eigenvalue weighted by atomic mass is 35.5. The van der Waals surface area contributed by atoms with Crippen molar-refractivity contribution in [1.29, 1.82) is 0 Å². The first kappa shape index (κ1) is 17.5. The SMILES string of the molecule is Cc1ncc(CN(Cc2cnc(C)s2)C[C@H](CCl)n2cccn2)s1. The van der Waals surface area contributed by atoms with E-state index in [-0.39, 0.29) is 6.04 Å². The zero-order valence-electron chi connectivity index (χ0n) is 13.7. The minimum atomic E-state index is 0.143. The van der Waals surface area contributed by atoms with Crippen molar-refractivity contribution in [2.45, 2.75) is 33.0 Å². The van der Waals surface area contributed by atoms with E-state index in [9.17, 15) is 0 Å². The molecule has 3 rings (SSSR count). The maximum absolute atomic E-state index is 6.21. The molecule has 128 valence electrons. The summed E-state index contributed by atoms with van der Waals surface area (Å²) in [6.07, 6.45) is 7.70. The van der Waals surface area contributed by atoms with Gasteiger partial charge in [0.05, 0.1) is 16.1 Å². The van der Waals surface area contributed by atoms with Crippen LogP contribution >= 0.6 is 34.3 Å². The van der Waals surface area contributed by atoms with Gasteiger partial charge in [0.2, 0.25) is 0 Å². The van der Waals surface area contributed by atoms with Crippen LogP contribution in [0.1, 0.15) is 25.8 Å². The Kier molecular flexibility index (Phi) is 5.99. The third kappa shape index (κ3) is 4.63. The van der Waals surface area contributed by atoms with Crippen molar-refractivity contribution in [1.82, 2.24) is 24.6 Å². The Morgan fingerprint density at radius 2 is 1.75 bits per heavy atom. The van der Waals surface area contributed by atoms with E-state index in [0.717, 1.165) is 29.6 Å². The lowest BCUT2D eigenvalue weighted by molar-refractivity contribution is 0.220. The Hall–Kier alpha value is -1.28. The topological polar surface area (TPSA) is 46.8 Å². The van der Waals surface area contributed by atoms with Gasteiger partial charge in [0.15, 0.2) is 0 Å². The zero-order chi connectivity index (χ0) is 16.9. The van der Waals surface area contributed by atoms with Crippen LogP contribution in [0, 0.1) is 13.8 Å². The van der Waals surface area contributed by atoms with Crippen molar-refractivity contribution >= 4 is 34.3 Å². The molecule has 0 N–H and O–H groups in total. The number of thiazole rings is 2. The molecule has 0 radical (unpaired) electrons. The summed E-state index contributed by atoms with van der Waals surface area (Å²) in [5.41, 5.74) is 0. The fraction of sp³-hybridized carbons (Fsp3) is 0.438. The largest absolute Gasteiger partial charge is 0.291 e. The highest BCUT2D eigenvalue weighted by Crippen LogP contribution is 2.21. The molecule has 0 aliphatic carbocycles. The maximum atomic E-state index is 6.21. The lowest BCUT2D eigenvalue weighted by Gasteiger charge is -2.25. The standard InChI is InChI=1S/C16H20ClN5S2/c1-12-18-7-15(23-12)10-21(11-16-8-19-13(2)24-16)9-14(6-17)22-5-3-4-20-22/h3-5,7-8,14H,6,9-11H2,1-2H3/t14-/m0/s1. The van der Waals surface area contributed by atoms with Gasteiger partial charge in [0.25, 0.3) is 0 Å². The molecule has 0 fully saturated rings. The molecule has 8 heteroatoms. The van der Waals surface area contributed by atoms with Crippen molar-refractivity contribution in [2.24, 2.45) is 0 Å². The summed E-state index contributed by atoms with van der Waals surface area (Å²) in [7, 11) is 0. The quantitative estimate of drug-likeness (QED) is 0.555. The van der Waals surface area contributed by atoms with Crippen LogP contribution in [0.2, 0.25) is 0 Å². The second-order valence-electron chi connectivity index (χ2n) is 5.66. The van der Waals surface area contributed by atoms with Crippen molar-refractivity contribution in [3.8, 4) is 0 Å². The highest BCUT2D eigenvalue weighted by Gasteiger charge is 2.18. The molecule has 5 nitrogen and oxygen atoms in total. The first-order valence-corrected chi connectivity index (χ1v) is 9.91. The zero-order valence-corrected chi connectivity index (χ0v) is 16.1. The number of aromatic nitrogens is 4. The first-order chi connectivity index (χ1) is 11.6. The van der Waals surface area contributed by atoms with Crippen LogP contribution < -0.4 is 0 Å². The summed E-state index contributed by atoms with van der Waals surface area (Å²) in [6.45, 7) is 6.63. The van der Waals surface area contributed by atoms with Gasteiger partial charge in [-0.2, -0.15) is 5.10 Å². The van der Waals surface area contributed by atoms with E-state index in [1.54, 1.807) is 28.9 Å². The average Bonchev–Trinajstić information content (AvgIpc) is 3.28. The molecule has 3 heterocycles. The number of hydrogen-bond acceptors (Lipinski definition) is 6. The summed E-state index contributed by atoms with van der Waals surface area (Å²) in [5.74, 6) is 0.529. The number of alkyl halides is 1. The Bertz CT molecular complexity index is 710. The molecule has 3 aromatic rings. The second-order valence-corrected chi connectivity index (χ2v) is 8.60. The molecular weight excluding hydrogens is 362 g/mol. The Morgan fingerprint density at radius 1 is 1.12 bits per heavy atom. The molecule has 3 aromatic heterocycles. The van der Waals surface area contributed by atoms with E-state index in [4.69, 9.17) is 11.6 Å². The van der Waals surface area contributed by atoms with E-state index in [2.05, 4.69) is 20.0 Å². The average molecular weight is 382 g/mol. The molecule has 0 unspecified atom stereocenters. The Morgan fingerprint density at radius 3 is 2.17 bits per heavy atom. The predicted octanol–water partition coefficient (Wildman–Crippen LogP) is 3.90. The molecule has 0 saturated carbocycles. The Balaban J connectivity index is 1.75. The molecular formula is C16H20ClN5S2. The van der Waals surface area contributed by atoms with Crippen molar-refractivity contribution < 1.29 is 0 Å². The second kappa shape index (κ2) is 8.20. The summed E-state index contributed by atoms with van der Waals surface area (Å²) in [5, 5.41) is 6.54. The van der Waals surface area contributed by atoms with Crippen molar-refractivity contribution in [3.05, 3.63) is 50.6 Å². The third-order valence-corrected chi connectivity index (χ3v) is 5.79. The molecule has 24 heavy (non-hydrogen) atoms. The minimum absolute atomic E-state index is 0.143. The lowest BCUT2D eigenvalue weighted by Crippen LogP contribution is -2.31. The van der Waals surface area contributed by atoms with Gasteiger partial charge in [-0.15, -0.1) is 34.3 Å². The molecule has 0 saturated heterocycles. The van der Waals surface area contributed by atoms with Gasteiger partial charge < -0.3 is 0 Å². The molecule has 0 spiro atoms. The smallest absolute Gasteiger partial charge is 0.0897 e. The normalized spacial score (nSPS) is 12.8. The predicted molar refractivity (Wildman–Crippen MR) is 99.8 cm³/mol. The molecule has 0 bridgehead atoms. The monoisotopic (exact) mass is 381 g/mol. The number of rotatable bonds is 8. The third-order valence-electron chi connectivity index (χ3n) is 3.64. The van der Waals surface area contributed by atoms with Crippen LogP contribution in [0.15, 0.2) is 30.9 Å². The number of nitrogens with zero attached hydrogens (tertiary/aromatic N) is 5. The van der Waals surface area contributed by atoms with Crippen LogP contribution in [0.4, 0.5) is 0 Å². The van der Waals surface area contributed by atoms with Crippen LogP contribution in [-0.2, 0) is 13.1 Å². The molecule has 0 aliphatic heterocycles. The number of aryl methyl sites for hydroxylation is 2. The molecule has 0 aromatic carbocycles. The number of hydrogen-bond donors (Lipinski definition) is 0. The highest BCUT2D eigenvalue weighted by molar-refractivity contribution is 7.11. The van der Waals surface area contributed by atoms with Gasteiger partial charge in [-0.05, 0) is 19.9 Å². The van der Waals surface area contributed by atoms with E-state index < -0.39 is 0 Å². The summed E-state index contributed by atoms with van der Waals surface area (Å²) in [4.78, 5) is 13.7. The van der Waals surface area contributed by atoms with Crippen LogP contribution in [-0.4, -0.2) is 37.1 Å². The Labute approximate surface area is 154 Å². The summed E-state index contributed by atoms with van der Waals surface area (Å²) < 4.78 is 1.94. The van der Waals surface area contributed by atoms with Crippen molar-refractivity contribution in [2.75, 3.05) is 12.4 Å². The maximum Gasteiger partial charge on any atom is 0.0897 e. The minimum Gasteiger partial charge on any atom is -0.291 e. The van der Waals surface area contributed by atoms with E-state index >= 15 is 0 Å². The van der Waals surface area contributed by atoms with Gasteiger partial charge in [0.1, 0.15) is 0 Å². The molecule has 0 amide bonds. The fourth-order valence-corrected chi connectivity index (χ4v) is 4.49. The van der Waals surface area contributed by atoms with Gasteiger partial charge in [0, 0.05) is 60.1 Å². The van der Waals surface area contributed by atoms with Crippen LogP contribution in [0.25, 0.3) is 0 Å². The lowest BCUT2D eigenvalue weighted by atomic mass is 10.3. The van der Waals surface area contributed by atoms with E-state index in [1.165, 1.54) is 9.75 Å². The van der Waals surface area contributed by atoms with Crippen LogP contribution in [0.3, 0.4) is 0 Å². The van der Waals surface area contributed by atoms with E-state index in [1.807, 2.05) is 43.2 Å². The van der Waals surface area contributed by atoms with Gasteiger partial charge in [-0.1, -0.05) is 0 Å². The summed E-state index contributed by atoms with van der Waals surface area (Å²) in [6, 6.07) is 2.08. The number of halogens is 1. The van der Waals surface area contributed by atoms with Gasteiger partial charge in [-0.25, -0.2) is 9.97 Å². The molecule has 1 atom stereocenters. The van der Waals surface area contributed by atoms with E-state index in [0.29, 0.717) is 5.88 Å². The van der Waals surface area contributed by atoms with Gasteiger partial charge >= 0.3 is 0 Å². The fourth-order valence-electron chi connectivity index (χ4n) is 2.58. The van der Waals surface area contributed by atoms with Gasteiger partial charge in [-0.3, -0.25) is 9.58 Å². The van der Waals surface area contributed by atoms with Crippen LogP contribution in [0.5, 0.6) is 0 Å². The van der Waals surface area contributed by atoms with Crippen molar-refractivity contribution in [3.63, 3.8) is 0 Å². The first-order valence-electron chi connectivity index (χ1n) is 7.74.